The zero-order chi connectivity index (χ0) is 25.8. The van der Waals surface area contributed by atoms with Gasteiger partial charge < -0.3 is 25.5 Å². The first kappa shape index (κ1) is 24.6. The molecule has 2 aromatic rings. The van der Waals surface area contributed by atoms with Crippen molar-refractivity contribution >= 4 is 29.1 Å². The summed E-state index contributed by atoms with van der Waals surface area (Å²) in [6, 6.07) is 13.3. The molecule has 1 amide bonds. The second-order valence-electron chi connectivity index (χ2n) is 9.42. The molecule has 3 aliphatic rings. The summed E-state index contributed by atoms with van der Waals surface area (Å²) in [5.74, 6) is 0.748. The fourth-order valence-electron chi connectivity index (χ4n) is 4.68. The number of pyridine rings is 1. The molecule has 0 spiro atoms. The highest BCUT2D eigenvalue weighted by Crippen LogP contribution is 2.31. The zero-order valence-electron chi connectivity index (χ0n) is 21.3. The molecule has 3 aliphatic heterocycles. The van der Waals surface area contributed by atoms with Crippen LogP contribution in [0.15, 0.2) is 71.4 Å². The molecule has 0 saturated carbocycles. The van der Waals surface area contributed by atoms with Gasteiger partial charge in [0.25, 0.3) is 5.91 Å². The van der Waals surface area contributed by atoms with Gasteiger partial charge in [-0.3, -0.25) is 4.79 Å². The number of hydrogen-bond donors (Lipinski definition) is 3. The predicted molar refractivity (Wildman–Crippen MR) is 146 cm³/mol. The molecule has 1 aromatic carbocycles. The molecule has 10 heteroatoms. The first-order valence-electron chi connectivity index (χ1n) is 12.8. The van der Waals surface area contributed by atoms with Crippen LogP contribution in [0.1, 0.15) is 19.8 Å². The fourth-order valence-corrected chi connectivity index (χ4v) is 4.68. The van der Waals surface area contributed by atoms with Crippen molar-refractivity contribution in [2.24, 2.45) is 4.99 Å². The van der Waals surface area contributed by atoms with Gasteiger partial charge in [0.1, 0.15) is 0 Å². The number of aromatic nitrogens is 1. The van der Waals surface area contributed by atoms with Gasteiger partial charge in [0.2, 0.25) is 11.8 Å². The number of rotatable bonds is 7. The number of unbranched alkanes of at least 4 members (excludes halogenated alkanes) is 1. The fraction of sp³-hybridized carbons (Fsp3) is 0.370. The summed E-state index contributed by atoms with van der Waals surface area (Å²) in [5.41, 5.74) is 2.59. The van der Waals surface area contributed by atoms with E-state index < -0.39 is 6.17 Å². The van der Waals surface area contributed by atoms with E-state index in [9.17, 15) is 9.90 Å². The van der Waals surface area contributed by atoms with E-state index in [1.165, 1.54) is 6.07 Å². The van der Waals surface area contributed by atoms with E-state index in [0.29, 0.717) is 23.9 Å². The molecule has 2 fully saturated rings. The maximum atomic E-state index is 13.3. The third kappa shape index (κ3) is 5.39. The highest BCUT2D eigenvalue weighted by atomic mass is 16.3. The molecule has 37 heavy (non-hydrogen) atoms. The highest BCUT2D eigenvalue weighted by Gasteiger charge is 2.44. The SMILES string of the molecule is CCC/C=C\CN1C(=O)C2=CN=C(Nc3cccc(N4CCN(C)CC4)c3)NC2N1c1cccc(O)n1. The molecule has 4 heterocycles. The number of piperazine rings is 1. The number of carbonyl (C=O) groups is 1. The van der Waals surface area contributed by atoms with Crippen LogP contribution in [-0.2, 0) is 4.79 Å². The smallest absolute Gasteiger partial charge is 0.274 e. The average molecular weight is 503 g/mol. The number of guanidine groups is 1. The Morgan fingerprint density at radius 3 is 2.73 bits per heavy atom. The molecule has 10 nitrogen and oxygen atoms in total. The van der Waals surface area contributed by atoms with Crippen LogP contribution >= 0.6 is 0 Å². The standard InChI is InChI=1S/C27H34N8O2/c1-3-4-5-6-13-34-26(37)22-19-28-27(31-25(22)35(34)23-11-8-12-24(36)30-23)29-20-9-7-10-21(18-20)33-16-14-32(2)15-17-33/h5-12,18-19,25H,3-4,13-17H2,1-2H3,(H,30,36)(H2,28,29,31)/b6-5-. The minimum absolute atomic E-state index is 0.104. The molecule has 5 rings (SSSR count). The molecule has 0 aliphatic carbocycles. The Kier molecular flexibility index (Phi) is 7.27. The molecule has 0 radical (unpaired) electrons. The molecule has 194 valence electrons. The predicted octanol–water partition coefficient (Wildman–Crippen LogP) is 2.74. The average Bonchev–Trinajstić information content (AvgIpc) is 3.18. The lowest BCUT2D eigenvalue weighted by Crippen LogP contribution is -2.52. The lowest BCUT2D eigenvalue weighted by molar-refractivity contribution is -0.124. The van der Waals surface area contributed by atoms with Crippen molar-refractivity contribution in [3.05, 3.63) is 66.4 Å². The first-order valence-corrected chi connectivity index (χ1v) is 12.8. The summed E-state index contributed by atoms with van der Waals surface area (Å²) in [6.07, 6.45) is 7.14. The number of allylic oxidation sites excluding steroid dienone is 1. The number of hydrazine groups is 1. The third-order valence-electron chi connectivity index (χ3n) is 6.72. The normalized spacial score (nSPS) is 20.1. The van der Waals surface area contributed by atoms with Gasteiger partial charge in [-0.2, -0.15) is 4.98 Å². The number of fused-ring (bicyclic) bond motifs is 1. The lowest BCUT2D eigenvalue weighted by Gasteiger charge is -2.34. The van der Waals surface area contributed by atoms with Gasteiger partial charge in [0, 0.05) is 49.8 Å². The maximum Gasteiger partial charge on any atom is 0.274 e. The van der Waals surface area contributed by atoms with Gasteiger partial charge in [0.15, 0.2) is 12.0 Å². The van der Waals surface area contributed by atoms with Gasteiger partial charge in [-0.25, -0.2) is 15.0 Å². The monoisotopic (exact) mass is 502 g/mol. The number of benzene rings is 1. The largest absolute Gasteiger partial charge is 0.493 e. The van der Waals surface area contributed by atoms with Crippen molar-refractivity contribution in [3.8, 4) is 5.88 Å². The van der Waals surface area contributed by atoms with Crippen LogP contribution in [0.4, 0.5) is 17.2 Å². The minimum atomic E-state index is -0.512. The number of anilines is 3. The van der Waals surface area contributed by atoms with Crippen molar-refractivity contribution in [2.75, 3.05) is 55.0 Å². The molecular formula is C27H34N8O2. The number of nitrogens with zero attached hydrogens (tertiary/aromatic N) is 6. The van der Waals surface area contributed by atoms with Crippen LogP contribution < -0.4 is 20.5 Å². The van der Waals surface area contributed by atoms with E-state index in [2.05, 4.69) is 62.6 Å². The van der Waals surface area contributed by atoms with Crippen LogP contribution in [0.3, 0.4) is 0 Å². The Morgan fingerprint density at radius 2 is 1.95 bits per heavy atom. The molecule has 1 atom stereocenters. The van der Waals surface area contributed by atoms with Crippen LogP contribution in [0.5, 0.6) is 5.88 Å². The maximum absolute atomic E-state index is 13.3. The Labute approximate surface area is 217 Å². The molecule has 3 N–H and O–H groups in total. The van der Waals surface area contributed by atoms with Crippen LogP contribution in [0, 0.1) is 0 Å². The quantitative estimate of drug-likeness (QED) is 0.497. The molecule has 0 bridgehead atoms. The Balaban J connectivity index is 1.36. The van der Waals surface area contributed by atoms with Gasteiger partial charge in [-0.15, -0.1) is 0 Å². The number of aliphatic imine (C=N–C) groups is 1. The van der Waals surface area contributed by atoms with E-state index in [4.69, 9.17) is 0 Å². The Morgan fingerprint density at radius 1 is 1.14 bits per heavy atom. The van der Waals surface area contributed by atoms with E-state index in [1.54, 1.807) is 28.4 Å². The van der Waals surface area contributed by atoms with Crippen molar-refractivity contribution in [2.45, 2.75) is 25.9 Å². The second-order valence-corrected chi connectivity index (χ2v) is 9.42. The summed E-state index contributed by atoms with van der Waals surface area (Å²) in [7, 11) is 2.15. The van der Waals surface area contributed by atoms with Crippen molar-refractivity contribution in [1.82, 2.24) is 20.2 Å². The summed E-state index contributed by atoms with van der Waals surface area (Å²) in [4.78, 5) is 26.8. The Hall–Kier alpha value is -4.05. The van der Waals surface area contributed by atoms with E-state index in [1.807, 2.05) is 18.2 Å². The first-order chi connectivity index (χ1) is 18.0. The summed E-state index contributed by atoms with van der Waals surface area (Å²) < 4.78 is 0. The number of aromatic hydroxyl groups is 1. The van der Waals surface area contributed by atoms with Gasteiger partial charge in [-0.05, 0) is 37.7 Å². The molecular weight excluding hydrogens is 468 g/mol. The van der Waals surface area contributed by atoms with E-state index >= 15 is 0 Å². The number of likely N-dealkylation sites (N-methyl/N-ethyl adjacent to an activating group) is 1. The van der Waals surface area contributed by atoms with Crippen LogP contribution in [0.25, 0.3) is 0 Å². The Bertz CT molecular complexity index is 1220. The second kappa shape index (κ2) is 10.9. The number of amides is 1. The zero-order valence-corrected chi connectivity index (χ0v) is 21.3. The highest BCUT2D eigenvalue weighted by molar-refractivity contribution is 6.04. The van der Waals surface area contributed by atoms with Gasteiger partial charge in [0.05, 0.1) is 12.1 Å². The number of carbonyl (C=O) groups excluding carboxylic acids is 1. The van der Waals surface area contributed by atoms with Crippen molar-refractivity contribution < 1.29 is 9.90 Å². The molecule has 1 aromatic heterocycles. The number of hydrogen-bond acceptors (Lipinski definition) is 9. The van der Waals surface area contributed by atoms with E-state index in [0.717, 1.165) is 50.4 Å². The van der Waals surface area contributed by atoms with Crippen molar-refractivity contribution in [1.29, 1.82) is 0 Å². The lowest BCUT2D eigenvalue weighted by atomic mass is 10.2. The van der Waals surface area contributed by atoms with Gasteiger partial charge in [-0.1, -0.05) is 37.6 Å². The minimum Gasteiger partial charge on any atom is -0.493 e. The van der Waals surface area contributed by atoms with Gasteiger partial charge >= 0.3 is 0 Å². The topological polar surface area (TPSA) is 99.6 Å². The van der Waals surface area contributed by atoms with Crippen molar-refractivity contribution in [3.63, 3.8) is 0 Å². The van der Waals surface area contributed by atoms with Crippen LogP contribution in [-0.4, -0.2) is 77.8 Å². The summed E-state index contributed by atoms with van der Waals surface area (Å²) >= 11 is 0. The summed E-state index contributed by atoms with van der Waals surface area (Å²) in [6.45, 7) is 6.57. The van der Waals surface area contributed by atoms with E-state index in [-0.39, 0.29) is 11.8 Å². The van der Waals surface area contributed by atoms with Crippen LogP contribution in [0.2, 0.25) is 0 Å². The molecule has 1 unspecified atom stereocenters. The third-order valence-corrected chi connectivity index (χ3v) is 6.72. The summed E-state index contributed by atoms with van der Waals surface area (Å²) in [5, 5.41) is 20.2. The number of nitrogens with one attached hydrogen (secondary N) is 2. The molecule has 2 saturated heterocycles.